The molecule has 0 aliphatic heterocycles. The van der Waals surface area contributed by atoms with Gasteiger partial charge >= 0.3 is 5.69 Å². The van der Waals surface area contributed by atoms with Gasteiger partial charge in [0.05, 0.1) is 11.7 Å². The van der Waals surface area contributed by atoms with Crippen LogP contribution in [0.1, 0.15) is 19.9 Å². The van der Waals surface area contributed by atoms with Gasteiger partial charge in [-0.15, -0.1) is 5.10 Å². The number of nitrogens with one attached hydrogen (secondary N) is 1. The maximum Gasteiger partial charge on any atom is 0.344 e. The number of hydrogen-bond donors (Lipinski definition) is 1. The van der Waals surface area contributed by atoms with Gasteiger partial charge in [-0.3, -0.25) is 4.57 Å². The Morgan fingerprint density at radius 2 is 2.25 bits per heavy atom. The van der Waals surface area contributed by atoms with Crippen LogP contribution in [0.2, 0.25) is 5.15 Å². The van der Waals surface area contributed by atoms with Crippen molar-refractivity contribution < 1.29 is 0 Å². The molecule has 2 rings (SSSR count). The van der Waals surface area contributed by atoms with Crippen LogP contribution in [0.25, 0.3) is 0 Å². The van der Waals surface area contributed by atoms with Crippen molar-refractivity contribution in [2.24, 2.45) is 0 Å². The lowest BCUT2D eigenvalue weighted by atomic mass is 10.4. The molecule has 2 aromatic heterocycles. The molecule has 6 nitrogen and oxygen atoms in total. The summed E-state index contributed by atoms with van der Waals surface area (Å²) >= 11 is 8.07. The van der Waals surface area contributed by atoms with Crippen molar-refractivity contribution in [1.82, 2.24) is 23.5 Å². The van der Waals surface area contributed by atoms with Crippen LogP contribution in [-0.4, -0.2) is 23.5 Å². The molecular formula is C7H8ClN5OS2. The van der Waals surface area contributed by atoms with Gasteiger partial charge in [-0.2, -0.15) is 8.75 Å². The molecule has 1 N–H and O–H groups in total. The lowest BCUT2D eigenvalue weighted by Crippen LogP contribution is -2.19. The summed E-state index contributed by atoms with van der Waals surface area (Å²) in [4.78, 5) is 11.5. The molecule has 2 aromatic rings. The molecule has 0 saturated carbocycles. The van der Waals surface area contributed by atoms with Gasteiger partial charge in [0.25, 0.3) is 0 Å². The standard InChI is InChI=1S/C7H8ClN5OS2/c1-3(2)13-6(14)9-10-7(13)15-5-4(8)11-16-12-5/h3H,1-2H3,(H,9,14). The van der Waals surface area contributed by atoms with Gasteiger partial charge in [-0.1, -0.05) is 11.6 Å². The monoisotopic (exact) mass is 277 g/mol. The van der Waals surface area contributed by atoms with Crippen molar-refractivity contribution in [2.75, 3.05) is 0 Å². The lowest BCUT2D eigenvalue weighted by molar-refractivity contribution is 0.534. The second kappa shape index (κ2) is 4.56. The third kappa shape index (κ3) is 2.13. The average molecular weight is 278 g/mol. The fourth-order valence-corrected chi connectivity index (χ4v) is 2.89. The van der Waals surface area contributed by atoms with Crippen LogP contribution in [0.4, 0.5) is 0 Å². The first-order valence-electron chi connectivity index (χ1n) is 4.42. The maximum absolute atomic E-state index is 11.5. The molecule has 9 heteroatoms. The number of aromatic nitrogens is 5. The zero-order chi connectivity index (χ0) is 11.7. The summed E-state index contributed by atoms with van der Waals surface area (Å²) in [6.07, 6.45) is 0. The Bertz CT molecular complexity index is 545. The molecule has 2 heterocycles. The molecule has 0 radical (unpaired) electrons. The molecule has 0 fully saturated rings. The van der Waals surface area contributed by atoms with Gasteiger partial charge in [-0.25, -0.2) is 9.89 Å². The van der Waals surface area contributed by atoms with Crippen molar-refractivity contribution in [2.45, 2.75) is 30.1 Å². The van der Waals surface area contributed by atoms with Crippen LogP contribution in [0.15, 0.2) is 15.0 Å². The predicted octanol–water partition coefficient (Wildman–Crippen LogP) is 1.81. The SMILES string of the molecule is CC(C)n1c(Sc2nsnc2Cl)n[nH]c1=O. The van der Waals surface area contributed by atoms with E-state index in [2.05, 4.69) is 18.9 Å². The topological polar surface area (TPSA) is 76.5 Å². The van der Waals surface area contributed by atoms with E-state index in [0.717, 1.165) is 11.7 Å². The Morgan fingerprint density at radius 3 is 2.81 bits per heavy atom. The van der Waals surface area contributed by atoms with Crippen LogP contribution in [-0.2, 0) is 0 Å². The van der Waals surface area contributed by atoms with Crippen molar-refractivity contribution in [3.05, 3.63) is 15.6 Å². The fourth-order valence-electron chi connectivity index (χ4n) is 1.13. The molecule has 0 unspecified atom stereocenters. The van der Waals surface area contributed by atoms with Crippen molar-refractivity contribution >= 4 is 35.1 Å². The predicted molar refractivity (Wildman–Crippen MR) is 62.3 cm³/mol. The number of rotatable bonds is 3. The zero-order valence-corrected chi connectivity index (χ0v) is 10.9. The number of hydrogen-bond acceptors (Lipinski definition) is 6. The van der Waals surface area contributed by atoms with E-state index in [0.29, 0.717) is 15.3 Å². The molecule has 0 aliphatic rings. The summed E-state index contributed by atoms with van der Waals surface area (Å²) in [6, 6.07) is 0.0270. The molecular weight excluding hydrogens is 270 g/mol. The maximum atomic E-state index is 11.5. The number of aromatic amines is 1. The van der Waals surface area contributed by atoms with Crippen molar-refractivity contribution in [3.8, 4) is 0 Å². The van der Waals surface area contributed by atoms with E-state index in [-0.39, 0.29) is 11.7 Å². The van der Waals surface area contributed by atoms with Crippen LogP contribution < -0.4 is 5.69 Å². The average Bonchev–Trinajstić information content (AvgIpc) is 2.75. The number of halogens is 1. The highest BCUT2D eigenvalue weighted by Gasteiger charge is 2.16. The summed E-state index contributed by atoms with van der Waals surface area (Å²) in [7, 11) is 0. The van der Waals surface area contributed by atoms with E-state index in [1.54, 1.807) is 4.57 Å². The van der Waals surface area contributed by atoms with Crippen molar-refractivity contribution in [1.29, 1.82) is 0 Å². The van der Waals surface area contributed by atoms with Crippen LogP contribution in [0, 0.1) is 0 Å². The first-order valence-corrected chi connectivity index (χ1v) is 6.35. The molecule has 0 bridgehead atoms. The smallest absolute Gasteiger partial charge is 0.267 e. The van der Waals surface area contributed by atoms with Crippen LogP contribution in [0.5, 0.6) is 0 Å². The van der Waals surface area contributed by atoms with Gasteiger partial charge in [0.2, 0.25) is 0 Å². The second-order valence-corrected chi connectivity index (χ2v) is 5.08. The van der Waals surface area contributed by atoms with E-state index >= 15 is 0 Å². The number of nitrogens with zero attached hydrogens (tertiary/aromatic N) is 4. The zero-order valence-electron chi connectivity index (χ0n) is 8.47. The van der Waals surface area contributed by atoms with Crippen LogP contribution >= 0.6 is 35.1 Å². The molecule has 0 spiro atoms. The fraction of sp³-hybridized carbons (Fsp3) is 0.429. The van der Waals surface area contributed by atoms with Gasteiger partial charge in [0, 0.05) is 6.04 Å². The normalized spacial score (nSPS) is 11.2. The summed E-state index contributed by atoms with van der Waals surface area (Å²) in [5, 5.41) is 7.75. The highest BCUT2D eigenvalue weighted by atomic mass is 35.5. The minimum atomic E-state index is -0.239. The Balaban J connectivity index is 2.36. The van der Waals surface area contributed by atoms with Crippen molar-refractivity contribution in [3.63, 3.8) is 0 Å². The van der Waals surface area contributed by atoms with E-state index in [1.165, 1.54) is 11.8 Å². The lowest BCUT2D eigenvalue weighted by Gasteiger charge is -2.06. The second-order valence-electron chi connectivity index (χ2n) is 3.24. The summed E-state index contributed by atoms with van der Waals surface area (Å²) in [5.41, 5.74) is -0.239. The molecule has 16 heavy (non-hydrogen) atoms. The highest BCUT2D eigenvalue weighted by molar-refractivity contribution is 7.99. The van der Waals surface area contributed by atoms with Gasteiger partial charge < -0.3 is 0 Å². The molecule has 0 saturated heterocycles. The van der Waals surface area contributed by atoms with E-state index in [1.807, 2.05) is 13.8 Å². The Labute approximate surface area is 104 Å². The van der Waals surface area contributed by atoms with Gasteiger partial charge in [0.15, 0.2) is 15.3 Å². The minimum Gasteiger partial charge on any atom is -0.267 e. The van der Waals surface area contributed by atoms with Crippen LogP contribution in [0.3, 0.4) is 0 Å². The Morgan fingerprint density at radius 1 is 1.50 bits per heavy atom. The Hall–Kier alpha value is -0.860. The quantitative estimate of drug-likeness (QED) is 0.926. The minimum absolute atomic E-state index is 0.0270. The molecule has 0 aliphatic carbocycles. The molecule has 0 amide bonds. The molecule has 0 atom stereocenters. The van der Waals surface area contributed by atoms with E-state index < -0.39 is 0 Å². The molecule has 86 valence electrons. The Kier molecular flexibility index (Phi) is 3.31. The third-order valence-electron chi connectivity index (χ3n) is 1.80. The first kappa shape index (κ1) is 11.6. The molecule has 0 aromatic carbocycles. The largest absolute Gasteiger partial charge is 0.344 e. The third-order valence-corrected chi connectivity index (χ3v) is 3.87. The summed E-state index contributed by atoms with van der Waals surface area (Å²) < 4.78 is 9.40. The van der Waals surface area contributed by atoms with Gasteiger partial charge in [-0.05, 0) is 25.6 Å². The summed E-state index contributed by atoms with van der Waals surface area (Å²) in [5.74, 6) is 0. The van der Waals surface area contributed by atoms with E-state index in [9.17, 15) is 4.79 Å². The number of H-pyrrole nitrogens is 1. The van der Waals surface area contributed by atoms with Gasteiger partial charge in [0.1, 0.15) is 0 Å². The highest BCUT2D eigenvalue weighted by Crippen LogP contribution is 2.30. The van der Waals surface area contributed by atoms with E-state index in [4.69, 9.17) is 11.6 Å². The summed E-state index contributed by atoms with van der Waals surface area (Å²) in [6.45, 7) is 3.81. The first-order chi connectivity index (χ1) is 7.59.